The number of benzene rings is 4. The van der Waals surface area contributed by atoms with Gasteiger partial charge in [0.1, 0.15) is 23.3 Å². The third kappa shape index (κ3) is 12.6. The first-order valence-corrected chi connectivity index (χ1v) is 30.1. The van der Waals surface area contributed by atoms with Gasteiger partial charge < -0.3 is 33.0 Å². The van der Waals surface area contributed by atoms with Crippen LogP contribution in [0.3, 0.4) is 0 Å². The Morgan fingerprint density at radius 1 is 0.396 bits per heavy atom. The SMILES string of the molecule is O=C(N1CCC[C@H]1Cc1c2n(c3cc(F)ccc13)CCn1c-2c(C[C@@H]2CCCN2CC(F)(F)F)c2ccc(F)cc21)C(F)(F)F.O=C(N1CCC[C@H]1Cc1cn(CCn2cc(C[C@@H]3CCCN3C(=O)C(F)(F)F)c3ccc(F)cc32)c2cc(F)ccc12)C(F)(F)F. The predicted molar refractivity (Wildman–Crippen MR) is 304 cm³/mol. The van der Waals surface area contributed by atoms with Crippen LogP contribution in [-0.4, -0.2) is 137 Å². The van der Waals surface area contributed by atoms with Crippen LogP contribution in [0.15, 0.2) is 85.2 Å². The van der Waals surface area contributed by atoms with Crippen molar-refractivity contribution in [1.29, 1.82) is 0 Å². The second-order valence-electron chi connectivity index (χ2n) is 24.4. The highest BCUT2D eigenvalue weighted by Crippen LogP contribution is 2.46. The maximum Gasteiger partial charge on any atom is 0.471 e. The number of aryl methyl sites for hydroxylation is 4. The summed E-state index contributed by atoms with van der Waals surface area (Å²) in [5, 5.41) is 2.59. The first-order chi connectivity index (χ1) is 43.0. The van der Waals surface area contributed by atoms with E-state index in [9.17, 15) is 84.6 Å². The molecular weight excluding hydrogens is 1230 g/mol. The quantitative estimate of drug-likeness (QED) is 0.114. The van der Waals surface area contributed by atoms with E-state index < -0.39 is 96.4 Å². The minimum atomic E-state index is -5.03. The number of carbonyl (C=O) groups excluding carboxylic acids is 3. The van der Waals surface area contributed by atoms with Gasteiger partial charge in [0, 0.05) is 104 Å². The van der Waals surface area contributed by atoms with E-state index >= 15 is 0 Å². The summed E-state index contributed by atoms with van der Waals surface area (Å²) in [5.41, 5.74) is 6.06. The van der Waals surface area contributed by atoms with Crippen LogP contribution < -0.4 is 0 Å². The minimum absolute atomic E-state index is 0.00113. The highest BCUT2D eigenvalue weighted by molar-refractivity contribution is 5.98. The molecule has 4 fully saturated rings. The molecule has 0 saturated carbocycles. The molecule has 3 amide bonds. The summed E-state index contributed by atoms with van der Waals surface area (Å²) in [6, 6.07) is 14.3. The van der Waals surface area contributed by atoms with Crippen molar-refractivity contribution in [3.8, 4) is 11.4 Å². The standard InChI is InChI=1S/C32H30F8N4O2.C32H30F8N4O/c33-21-5-7-25-19(13-23-3-1-9-43(23)29(45)31(35,36)37)17-41(27(25)15-21)11-12-42-18-20(26-8-6-22(34)16-28(26)42)14-24-4-2-10-44(24)30(46)32(38,39)40;33-18-5-7-22-24(15-20-3-1-9-41(20)17-31(35,36)37)28-29-25(16-21-4-2-10-42(21)30(45)32(38,39)40)23-8-6-19(34)14-27(23)44(29)12-11-43(28)26(22)13-18/h5-8,15-18,23-24H,1-4,9-14H2;5-8,13-14,20-21H,1-4,9-12,15-17H2/t23-,24-;20-,21-/m00/s1. The molecule has 0 unspecified atom stereocenters. The molecule has 5 aliphatic heterocycles. The van der Waals surface area contributed by atoms with E-state index in [4.69, 9.17) is 0 Å². The number of amides is 3. The molecule has 486 valence electrons. The first kappa shape index (κ1) is 63.4. The number of rotatable bonds is 12. The molecule has 0 radical (unpaired) electrons. The van der Waals surface area contributed by atoms with Crippen LogP contribution in [0.1, 0.15) is 73.6 Å². The summed E-state index contributed by atoms with van der Waals surface area (Å²) in [7, 11) is 0. The molecule has 4 saturated heterocycles. The van der Waals surface area contributed by atoms with E-state index in [0.29, 0.717) is 143 Å². The number of carbonyl (C=O) groups is 3. The second-order valence-corrected chi connectivity index (χ2v) is 24.4. The summed E-state index contributed by atoms with van der Waals surface area (Å²) in [5.74, 6) is -7.66. The lowest BCUT2D eigenvalue weighted by Crippen LogP contribution is -2.44. The van der Waals surface area contributed by atoms with Gasteiger partial charge in [-0.15, -0.1) is 0 Å². The van der Waals surface area contributed by atoms with E-state index in [0.717, 1.165) is 20.3 Å². The van der Waals surface area contributed by atoms with Crippen LogP contribution >= 0.6 is 0 Å². The van der Waals surface area contributed by atoms with Gasteiger partial charge in [0.2, 0.25) is 0 Å². The lowest BCUT2D eigenvalue weighted by molar-refractivity contribution is -0.186. The van der Waals surface area contributed by atoms with Crippen molar-refractivity contribution in [2.45, 2.75) is 152 Å². The van der Waals surface area contributed by atoms with E-state index in [-0.39, 0.29) is 58.4 Å². The van der Waals surface area contributed by atoms with Gasteiger partial charge in [-0.1, -0.05) is 0 Å². The molecule has 91 heavy (non-hydrogen) atoms. The molecule has 9 heterocycles. The number of nitrogens with zero attached hydrogens (tertiary/aromatic N) is 8. The molecule has 0 N–H and O–H groups in total. The average molecular weight is 1290 g/mol. The van der Waals surface area contributed by atoms with Crippen molar-refractivity contribution < 1.29 is 84.6 Å². The maximum absolute atomic E-state index is 14.6. The fourth-order valence-corrected chi connectivity index (χ4v) is 15.0. The summed E-state index contributed by atoms with van der Waals surface area (Å²) >= 11 is 0. The van der Waals surface area contributed by atoms with E-state index in [1.54, 1.807) is 45.8 Å². The van der Waals surface area contributed by atoms with Crippen molar-refractivity contribution in [3.05, 3.63) is 131 Å². The van der Waals surface area contributed by atoms with Crippen LogP contribution in [0.4, 0.5) is 70.2 Å². The lowest BCUT2D eigenvalue weighted by Gasteiger charge is -2.28. The van der Waals surface area contributed by atoms with Crippen molar-refractivity contribution >= 4 is 61.3 Å². The van der Waals surface area contributed by atoms with E-state index in [1.165, 1.54) is 53.4 Å². The van der Waals surface area contributed by atoms with Gasteiger partial charge in [0.05, 0.1) is 40.0 Å². The summed E-state index contributed by atoms with van der Waals surface area (Å²) < 4.78 is 225. The topological polar surface area (TPSA) is 83.9 Å². The number of halogens is 16. The van der Waals surface area contributed by atoms with Crippen LogP contribution in [0, 0.1) is 23.3 Å². The predicted octanol–water partition coefficient (Wildman–Crippen LogP) is 14.0. The van der Waals surface area contributed by atoms with Gasteiger partial charge in [0.25, 0.3) is 0 Å². The monoisotopic (exact) mass is 1290 g/mol. The van der Waals surface area contributed by atoms with Gasteiger partial charge in [-0.05, 0) is 179 Å². The molecule has 13 rings (SSSR count). The van der Waals surface area contributed by atoms with Gasteiger partial charge in [-0.3, -0.25) is 19.3 Å². The summed E-state index contributed by atoms with van der Waals surface area (Å²) in [6.45, 7) is 0.445. The van der Waals surface area contributed by atoms with Gasteiger partial charge >= 0.3 is 42.4 Å². The van der Waals surface area contributed by atoms with Crippen molar-refractivity contribution in [2.24, 2.45) is 0 Å². The Kier molecular flexibility index (Phi) is 16.8. The van der Waals surface area contributed by atoms with Crippen LogP contribution in [0.2, 0.25) is 0 Å². The molecule has 4 aromatic heterocycles. The highest BCUT2D eigenvalue weighted by atomic mass is 19.4. The number of fused-ring (bicyclic) bond motifs is 9. The average Bonchev–Trinajstić information content (AvgIpc) is 1.55. The Labute approximate surface area is 509 Å². The molecule has 11 nitrogen and oxygen atoms in total. The molecule has 0 aliphatic carbocycles. The lowest BCUT2D eigenvalue weighted by atomic mass is 9.94. The zero-order valence-corrected chi connectivity index (χ0v) is 48.6. The molecule has 4 aromatic carbocycles. The molecule has 27 heteroatoms. The Morgan fingerprint density at radius 3 is 1.10 bits per heavy atom. The number of hydrogen-bond acceptors (Lipinski definition) is 4. The Balaban J connectivity index is 0.000000176. The normalized spacial score (nSPS) is 20.0. The Hall–Kier alpha value is -7.71. The number of likely N-dealkylation sites (tertiary alicyclic amines) is 4. The molecule has 0 spiro atoms. The van der Waals surface area contributed by atoms with Crippen molar-refractivity contribution in [1.82, 2.24) is 37.9 Å². The fraction of sp³-hybridized carbons (Fsp3) is 0.453. The van der Waals surface area contributed by atoms with Gasteiger partial charge in [-0.25, -0.2) is 17.6 Å². The highest BCUT2D eigenvalue weighted by Gasteiger charge is 2.49. The number of hydrogen-bond donors (Lipinski definition) is 0. The minimum Gasteiger partial charge on any atom is -0.345 e. The van der Waals surface area contributed by atoms with Crippen molar-refractivity contribution in [2.75, 3.05) is 32.7 Å². The second kappa shape index (κ2) is 24.1. The third-order valence-electron chi connectivity index (χ3n) is 18.8. The molecular formula is C64H60F16N8O3. The van der Waals surface area contributed by atoms with Crippen LogP contribution in [0.25, 0.3) is 55.0 Å². The Morgan fingerprint density at radius 2 is 0.725 bits per heavy atom. The molecule has 0 bridgehead atoms. The zero-order chi connectivity index (χ0) is 64.8. The summed E-state index contributed by atoms with van der Waals surface area (Å²) in [6.07, 6.45) is -11.8. The smallest absolute Gasteiger partial charge is 0.345 e. The van der Waals surface area contributed by atoms with E-state index in [1.807, 2.05) is 9.13 Å². The summed E-state index contributed by atoms with van der Waals surface area (Å²) in [4.78, 5) is 40.4. The van der Waals surface area contributed by atoms with Crippen LogP contribution in [-0.2, 0) is 66.2 Å². The molecule has 5 aliphatic rings. The largest absolute Gasteiger partial charge is 0.471 e. The maximum atomic E-state index is 14.6. The third-order valence-corrected chi connectivity index (χ3v) is 18.8. The fourth-order valence-electron chi connectivity index (χ4n) is 15.0. The molecule has 4 atom stereocenters. The van der Waals surface area contributed by atoms with E-state index in [2.05, 4.69) is 0 Å². The number of alkyl halides is 12. The molecule has 8 aromatic rings. The van der Waals surface area contributed by atoms with Gasteiger partial charge in [-0.2, -0.15) is 52.7 Å². The first-order valence-electron chi connectivity index (χ1n) is 30.1. The Bertz CT molecular complexity index is 3990. The zero-order valence-electron chi connectivity index (χ0n) is 48.6. The van der Waals surface area contributed by atoms with Gasteiger partial charge in [0.15, 0.2) is 0 Å². The van der Waals surface area contributed by atoms with Crippen LogP contribution in [0.5, 0.6) is 0 Å². The number of aromatic nitrogens is 4. The van der Waals surface area contributed by atoms with Crippen molar-refractivity contribution in [3.63, 3.8) is 0 Å².